The van der Waals surface area contributed by atoms with Crippen LogP contribution in [0.5, 0.6) is 0 Å². The molecule has 0 amide bonds. The molecule has 1 aliphatic heterocycles. The van der Waals surface area contributed by atoms with Crippen LogP contribution in [0.4, 0.5) is 11.6 Å². The Morgan fingerprint density at radius 2 is 1.77 bits per heavy atom. The second kappa shape index (κ2) is 7.37. The summed E-state index contributed by atoms with van der Waals surface area (Å²) in [6.07, 6.45) is 3.92. The van der Waals surface area contributed by atoms with E-state index >= 15 is 0 Å². The van der Waals surface area contributed by atoms with Crippen LogP contribution in [0.3, 0.4) is 0 Å². The van der Waals surface area contributed by atoms with Crippen molar-refractivity contribution in [2.75, 3.05) is 30.4 Å². The fourth-order valence-corrected chi connectivity index (χ4v) is 4.14. The van der Waals surface area contributed by atoms with Crippen LogP contribution < -0.4 is 10.2 Å². The Morgan fingerprint density at radius 1 is 1.08 bits per heavy atom. The fraction of sp³-hybridized carbons (Fsp3) is 0.600. The van der Waals surface area contributed by atoms with Gasteiger partial charge < -0.3 is 19.7 Å². The molecule has 2 heterocycles. The van der Waals surface area contributed by atoms with Gasteiger partial charge in [0.15, 0.2) is 11.6 Å². The Morgan fingerprint density at radius 3 is 2.42 bits per heavy atom. The maximum atomic E-state index is 5.90. The SMILES string of the molecule is COC1CCC(Nc2nc3ccccc3nc2N2CC(C)OC(C)C2)C1. The van der Waals surface area contributed by atoms with Crippen LogP contribution in [0, 0.1) is 0 Å². The molecule has 26 heavy (non-hydrogen) atoms. The zero-order chi connectivity index (χ0) is 18.1. The average molecular weight is 356 g/mol. The number of nitrogens with one attached hydrogen (secondary N) is 1. The lowest BCUT2D eigenvalue weighted by atomic mass is 10.2. The van der Waals surface area contributed by atoms with Gasteiger partial charge in [-0.3, -0.25) is 0 Å². The Balaban J connectivity index is 1.67. The van der Waals surface area contributed by atoms with Crippen molar-refractivity contribution in [3.8, 4) is 0 Å². The molecule has 0 radical (unpaired) electrons. The van der Waals surface area contributed by atoms with E-state index < -0.39 is 0 Å². The minimum Gasteiger partial charge on any atom is -0.381 e. The number of nitrogens with zero attached hydrogens (tertiary/aromatic N) is 3. The van der Waals surface area contributed by atoms with Crippen molar-refractivity contribution in [1.82, 2.24) is 9.97 Å². The van der Waals surface area contributed by atoms with E-state index in [1.165, 1.54) is 0 Å². The quantitative estimate of drug-likeness (QED) is 0.908. The van der Waals surface area contributed by atoms with Crippen molar-refractivity contribution in [2.45, 2.75) is 57.5 Å². The number of rotatable bonds is 4. The molecule has 1 saturated heterocycles. The van der Waals surface area contributed by atoms with Crippen molar-refractivity contribution < 1.29 is 9.47 Å². The van der Waals surface area contributed by atoms with Crippen molar-refractivity contribution in [3.63, 3.8) is 0 Å². The van der Waals surface area contributed by atoms with Crippen LogP contribution in [-0.2, 0) is 9.47 Å². The lowest BCUT2D eigenvalue weighted by molar-refractivity contribution is -0.00541. The van der Waals surface area contributed by atoms with E-state index in [-0.39, 0.29) is 12.2 Å². The normalized spacial score (nSPS) is 29.3. The van der Waals surface area contributed by atoms with Crippen LogP contribution in [0.25, 0.3) is 11.0 Å². The van der Waals surface area contributed by atoms with Gasteiger partial charge in [0, 0.05) is 26.2 Å². The average Bonchev–Trinajstić information content (AvgIpc) is 3.08. The maximum Gasteiger partial charge on any atom is 0.172 e. The van der Waals surface area contributed by atoms with E-state index in [9.17, 15) is 0 Å². The van der Waals surface area contributed by atoms with Crippen molar-refractivity contribution in [2.24, 2.45) is 0 Å². The number of morpholine rings is 1. The molecule has 0 spiro atoms. The number of hydrogen-bond acceptors (Lipinski definition) is 6. The summed E-state index contributed by atoms with van der Waals surface area (Å²) in [6, 6.07) is 8.45. The summed E-state index contributed by atoms with van der Waals surface area (Å²) >= 11 is 0. The Kier molecular flexibility index (Phi) is 4.96. The van der Waals surface area contributed by atoms with Gasteiger partial charge in [0.1, 0.15) is 0 Å². The maximum absolute atomic E-state index is 5.90. The van der Waals surface area contributed by atoms with E-state index in [1.807, 2.05) is 24.3 Å². The van der Waals surface area contributed by atoms with E-state index in [2.05, 4.69) is 24.1 Å². The lowest BCUT2D eigenvalue weighted by Crippen LogP contribution is -2.46. The van der Waals surface area contributed by atoms with Crippen LogP contribution in [-0.4, -0.2) is 54.5 Å². The van der Waals surface area contributed by atoms with Gasteiger partial charge in [-0.05, 0) is 45.2 Å². The molecular formula is C20H28N4O2. The van der Waals surface area contributed by atoms with Crippen LogP contribution in [0.2, 0.25) is 0 Å². The Hall–Kier alpha value is -1.92. The molecule has 4 rings (SSSR count). The molecule has 1 aromatic carbocycles. The van der Waals surface area contributed by atoms with Gasteiger partial charge in [-0.25, -0.2) is 9.97 Å². The summed E-state index contributed by atoms with van der Waals surface area (Å²) in [5, 5.41) is 3.66. The fourth-order valence-electron chi connectivity index (χ4n) is 4.14. The molecule has 1 saturated carbocycles. The topological polar surface area (TPSA) is 59.5 Å². The van der Waals surface area contributed by atoms with Crippen molar-refractivity contribution in [1.29, 1.82) is 0 Å². The Labute approximate surface area is 154 Å². The largest absolute Gasteiger partial charge is 0.381 e. The highest BCUT2D eigenvalue weighted by atomic mass is 16.5. The molecule has 0 bridgehead atoms. The standard InChI is InChI=1S/C20H28N4O2/c1-13-11-24(12-14(2)26-13)20-19(21-15-8-9-16(10-15)25-3)22-17-6-4-5-7-18(17)23-20/h4-7,13-16H,8-12H2,1-3H3,(H,21,22). The predicted octanol–water partition coefficient (Wildman–Crippen LogP) is 3.22. The number of ether oxygens (including phenoxy) is 2. The summed E-state index contributed by atoms with van der Waals surface area (Å²) < 4.78 is 11.4. The number of anilines is 2. The third-order valence-electron chi connectivity index (χ3n) is 5.33. The first-order valence-corrected chi connectivity index (χ1v) is 9.59. The molecule has 140 valence electrons. The highest BCUT2D eigenvalue weighted by Gasteiger charge is 2.29. The predicted molar refractivity (Wildman–Crippen MR) is 104 cm³/mol. The number of benzene rings is 1. The molecular weight excluding hydrogens is 328 g/mol. The van der Waals surface area contributed by atoms with E-state index in [1.54, 1.807) is 7.11 Å². The van der Waals surface area contributed by atoms with Gasteiger partial charge in [-0.1, -0.05) is 12.1 Å². The molecule has 1 N–H and O–H groups in total. The molecule has 1 aliphatic carbocycles. The highest BCUT2D eigenvalue weighted by Crippen LogP contribution is 2.31. The van der Waals surface area contributed by atoms with E-state index in [4.69, 9.17) is 19.4 Å². The minimum absolute atomic E-state index is 0.184. The molecule has 2 aliphatic rings. The van der Waals surface area contributed by atoms with Crippen LogP contribution in [0.1, 0.15) is 33.1 Å². The Bertz CT molecular complexity index is 759. The minimum atomic E-state index is 0.184. The number of para-hydroxylation sites is 2. The smallest absolute Gasteiger partial charge is 0.172 e. The molecule has 4 atom stereocenters. The van der Waals surface area contributed by atoms with Crippen molar-refractivity contribution in [3.05, 3.63) is 24.3 Å². The number of aromatic nitrogens is 2. The van der Waals surface area contributed by atoms with Crippen LogP contribution >= 0.6 is 0 Å². The monoisotopic (exact) mass is 356 g/mol. The summed E-state index contributed by atoms with van der Waals surface area (Å²) in [6.45, 7) is 5.89. The third-order valence-corrected chi connectivity index (χ3v) is 5.33. The summed E-state index contributed by atoms with van der Waals surface area (Å²) in [4.78, 5) is 12.2. The molecule has 6 nitrogen and oxygen atoms in total. The lowest BCUT2D eigenvalue weighted by Gasteiger charge is -2.37. The first kappa shape index (κ1) is 17.5. The summed E-state index contributed by atoms with van der Waals surface area (Å²) in [7, 11) is 1.80. The van der Waals surface area contributed by atoms with Gasteiger partial charge >= 0.3 is 0 Å². The summed E-state index contributed by atoms with van der Waals surface area (Å²) in [5.41, 5.74) is 1.86. The summed E-state index contributed by atoms with van der Waals surface area (Å²) in [5.74, 6) is 1.82. The molecule has 6 heteroatoms. The van der Waals surface area contributed by atoms with Gasteiger partial charge in [0.05, 0.1) is 29.3 Å². The third kappa shape index (κ3) is 3.62. The number of methoxy groups -OCH3 is 1. The van der Waals surface area contributed by atoms with Crippen LogP contribution in [0.15, 0.2) is 24.3 Å². The van der Waals surface area contributed by atoms with Crippen molar-refractivity contribution >= 4 is 22.7 Å². The number of fused-ring (bicyclic) bond motifs is 1. The molecule has 2 fully saturated rings. The first-order chi connectivity index (χ1) is 12.6. The zero-order valence-corrected chi connectivity index (χ0v) is 15.8. The van der Waals surface area contributed by atoms with Gasteiger partial charge in [-0.2, -0.15) is 0 Å². The molecule has 2 aromatic rings. The molecule has 1 aromatic heterocycles. The highest BCUT2D eigenvalue weighted by molar-refractivity contribution is 5.80. The van der Waals surface area contributed by atoms with Gasteiger partial charge in [0.2, 0.25) is 0 Å². The molecule has 4 unspecified atom stereocenters. The van der Waals surface area contributed by atoms with Gasteiger partial charge in [0.25, 0.3) is 0 Å². The second-order valence-electron chi connectivity index (χ2n) is 7.56. The number of hydrogen-bond donors (Lipinski definition) is 1. The van der Waals surface area contributed by atoms with Gasteiger partial charge in [-0.15, -0.1) is 0 Å². The van der Waals surface area contributed by atoms with E-state index in [0.717, 1.165) is 55.0 Å². The van der Waals surface area contributed by atoms with E-state index in [0.29, 0.717) is 12.1 Å². The zero-order valence-electron chi connectivity index (χ0n) is 15.8. The second-order valence-corrected chi connectivity index (χ2v) is 7.56. The first-order valence-electron chi connectivity index (χ1n) is 9.59.